The molecule has 0 spiro atoms. The summed E-state index contributed by atoms with van der Waals surface area (Å²) in [7, 11) is -3.62. The number of carbonyl (C=O) groups excluding carboxylic acids is 1. The van der Waals surface area contributed by atoms with Gasteiger partial charge in [-0.25, -0.2) is 12.8 Å². The van der Waals surface area contributed by atoms with E-state index in [0.29, 0.717) is 22.2 Å². The molecule has 0 aliphatic carbocycles. The molecule has 5 rings (SSSR count). The molecule has 0 saturated heterocycles. The maximum atomic E-state index is 13.4. The average Bonchev–Trinajstić information content (AvgIpc) is 3.09. The Morgan fingerprint density at radius 3 is 2.45 bits per heavy atom. The van der Waals surface area contributed by atoms with Crippen molar-refractivity contribution in [2.24, 2.45) is 5.73 Å². The molecule has 1 unspecified atom stereocenters. The van der Waals surface area contributed by atoms with Crippen LogP contribution in [0.5, 0.6) is 0 Å². The first-order valence-corrected chi connectivity index (χ1v) is 12.2. The molecule has 1 atom stereocenters. The van der Waals surface area contributed by atoms with E-state index in [-0.39, 0.29) is 23.8 Å². The number of fused-ring (bicyclic) bond motifs is 3. The van der Waals surface area contributed by atoms with E-state index in [9.17, 15) is 17.6 Å². The monoisotopic (exact) mass is 464 g/mol. The molecule has 3 aromatic carbocycles. The number of carbonyl (C=O) groups is 1. The Hall–Kier alpha value is -3.65. The number of anilines is 1. The lowest BCUT2D eigenvalue weighted by Crippen LogP contribution is -2.29. The highest BCUT2D eigenvalue weighted by Gasteiger charge is 2.31. The summed E-state index contributed by atoms with van der Waals surface area (Å²) in [4.78, 5) is 12.5. The van der Waals surface area contributed by atoms with E-state index in [1.807, 2.05) is 31.2 Å². The van der Waals surface area contributed by atoms with Crippen molar-refractivity contribution in [1.82, 2.24) is 0 Å². The summed E-state index contributed by atoms with van der Waals surface area (Å²) in [5.41, 5.74) is 9.87. The normalized spacial score (nSPS) is 15.7. The second kappa shape index (κ2) is 7.45. The van der Waals surface area contributed by atoms with E-state index >= 15 is 0 Å². The van der Waals surface area contributed by atoms with Crippen LogP contribution in [0, 0.1) is 5.82 Å². The first-order chi connectivity index (χ1) is 15.6. The smallest absolute Gasteiger partial charge is 0.253 e. The van der Waals surface area contributed by atoms with Crippen molar-refractivity contribution in [2.75, 3.05) is 10.6 Å². The minimum atomic E-state index is -3.62. The van der Waals surface area contributed by atoms with Gasteiger partial charge in [0.05, 0.1) is 24.1 Å². The number of hydrogen-bond donors (Lipinski definition) is 1. The molecule has 0 fully saturated rings. The van der Waals surface area contributed by atoms with Gasteiger partial charge < -0.3 is 10.2 Å². The number of furan rings is 1. The number of hydrogen-bond acceptors (Lipinski definition) is 4. The Kier molecular flexibility index (Phi) is 4.79. The quantitative estimate of drug-likeness (QED) is 0.473. The SMILES string of the molecule is CC1c2ccccc2CN(S(C)(=O)=O)c2cc3oc(-c4ccc(F)cc4)c(C(N)=O)c3cc21. The molecule has 8 heteroatoms. The molecule has 1 aliphatic heterocycles. The van der Waals surface area contributed by atoms with Gasteiger partial charge in [0, 0.05) is 22.9 Å². The zero-order valence-electron chi connectivity index (χ0n) is 18.0. The van der Waals surface area contributed by atoms with E-state index in [1.165, 1.54) is 34.8 Å². The number of sulfonamides is 1. The molecule has 2 heterocycles. The lowest BCUT2D eigenvalue weighted by atomic mass is 9.89. The molecule has 0 saturated carbocycles. The van der Waals surface area contributed by atoms with Gasteiger partial charge in [0.1, 0.15) is 17.2 Å². The molecule has 2 N–H and O–H groups in total. The zero-order valence-corrected chi connectivity index (χ0v) is 18.8. The minimum Gasteiger partial charge on any atom is -0.455 e. The van der Waals surface area contributed by atoms with Crippen molar-refractivity contribution >= 4 is 32.6 Å². The second-order valence-corrected chi connectivity index (χ2v) is 10.2. The molecule has 4 aromatic rings. The van der Waals surface area contributed by atoms with Gasteiger partial charge in [-0.2, -0.15) is 0 Å². The van der Waals surface area contributed by atoms with E-state index in [4.69, 9.17) is 10.2 Å². The number of halogens is 1. The van der Waals surface area contributed by atoms with Crippen LogP contribution in [-0.4, -0.2) is 20.6 Å². The topological polar surface area (TPSA) is 93.6 Å². The molecule has 1 aliphatic rings. The highest BCUT2D eigenvalue weighted by molar-refractivity contribution is 7.92. The third kappa shape index (κ3) is 3.47. The standard InChI is InChI=1S/C25H21FN2O4S/c1-14-18-6-4-3-5-16(18)13-28(33(2,30)31)21-12-22-20(11-19(14)21)23(25(27)29)24(32-22)15-7-9-17(26)10-8-15/h3-12,14H,13H2,1-2H3,(H2,27,29). The van der Waals surface area contributed by atoms with Crippen LogP contribution < -0.4 is 10.0 Å². The largest absolute Gasteiger partial charge is 0.455 e. The van der Waals surface area contributed by atoms with Gasteiger partial charge in [0.15, 0.2) is 0 Å². The summed E-state index contributed by atoms with van der Waals surface area (Å²) < 4.78 is 46.4. The highest BCUT2D eigenvalue weighted by Crippen LogP contribution is 2.44. The fourth-order valence-corrected chi connectivity index (χ4v) is 5.45. The Morgan fingerprint density at radius 1 is 1.09 bits per heavy atom. The van der Waals surface area contributed by atoms with Crippen molar-refractivity contribution in [2.45, 2.75) is 19.4 Å². The van der Waals surface area contributed by atoms with Crippen molar-refractivity contribution in [1.29, 1.82) is 0 Å². The van der Waals surface area contributed by atoms with Crippen LogP contribution in [-0.2, 0) is 16.6 Å². The molecular weight excluding hydrogens is 443 g/mol. The first-order valence-electron chi connectivity index (χ1n) is 10.4. The van der Waals surface area contributed by atoms with Gasteiger partial charge in [-0.15, -0.1) is 0 Å². The summed E-state index contributed by atoms with van der Waals surface area (Å²) >= 11 is 0. The minimum absolute atomic E-state index is 0.141. The van der Waals surface area contributed by atoms with Crippen LogP contribution in [0.2, 0.25) is 0 Å². The Morgan fingerprint density at radius 2 is 1.79 bits per heavy atom. The highest BCUT2D eigenvalue weighted by atomic mass is 32.2. The van der Waals surface area contributed by atoms with Crippen molar-refractivity contribution in [3.05, 3.63) is 88.7 Å². The third-order valence-electron chi connectivity index (χ3n) is 6.16. The summed E-state index contributed by atoms with van der Waals surface area (Å²) in [6.07, 6.45) is 1.17. The molecule has 0 radical (unpaired) electrons. The average molecular weight is 465 g/mol. The van der Waals surface area contributed by atoms with Gasteiger partial charge >= 0.3 is 0 Å². The molecule has 33 heavy (non-hydrogen) atoms. The van der Waals surface area contributed by atoms with E-state index in [0.717, 1.165) is 16.7 Å². The van der Waals surface area contributed by atoms with Crippen LogP contribution in [0.3, 0.4) is 0 Å². The van der Waals surface area contributed by atoms with E-state index < -0.39 is 21.7 Å². The fraction of sp³-hybridized carbons (Fsp3) is 0.160. The number of nitrogens with zero attached hydrogens (tertiary/aromatic N) is 1. The predicted molar refractivity (Wildman–Crippen MR) is 125 cm³/mol. The van der Waals surface area contributed by atoms with Crippen LogP contribution in [0.4, 0.5) is 10.1 Å². The van der Waals surface area contributed by atoms with Crippen LogP contribution in [0.15, 0.2) is 65.1 Å². The summed E-state index contributed by atoms with van der Waals surface area (Å²) in [5.74, 6) is -1.03. The maximum absolute atomic E-state index is 13.4. The molecule has 6 nitrogen and oxygen atoms in total. The number of amides is 1. The lowest BCUT2D eigenvalue weighted by molar-refractivity contribution is 0.100. The zero-order chi connectivity index (χ0) is 23.5. The van der Waals surface area contributed by atoms with Crippen molar-refractivity contribution in [3.63, 3.8) is 0 Å². The predicted octanol–water partition coefficient (Wildman–Crippen LogP) is 4.77. The van der Waals surface area contributed by atoms with E-state index in [2.05, 4.69) is 0 Å². The van der Waals surface area contributed by atoms with Gasteiger partial charge in [-0.05, 0) is 47.0 Å². The fourth-order valence-electron chi connectivity index (χ4n) is 4.56. The van der Waals surface area contributed by atoms with Gasteiger partial charge in [0.2, 0.25) is 10.0 Å². The number of benzene rings is 3. The maximum Gasteiger partial charge on any atom is 0.253 e. The molecule has 0 bridgehead atoms. The number of primary amides is 1. The van der Waals surface area contributed by atoms with Gasteiger partial charge in [-0.1, -0.05) is 31.2 Å². The summed E-state index contributed by atoms with van der Waals surface area (Å²) in [6, 6.07) is 16.7. The number of rotatable bonds is 3. The van der Waals surface area contributed by atoms with Gasteiger partial charge in [-0.3, -0.25) is 9.10 Å². The molecule has 1 aromatic heterocycles. The summed E-state index contributed by atoms with van der Waals surface area (Å²) in [5, 5.41) is 0.486. The summed E-state index contributed by atoms with van der Waals surface area (Å²) in [6.45, 7) is 2.19. The molecular formula is C25H21FN2O4S. The first kappa shape index (κ1) is 21.2. The van der Waals surface area contributed by atoms with Crippen LogP contribution in [0.1, 0.15) is 39.9 Å². The third-order valence-corrected chi connectivity index (χ3v) is 7.29. The molecule has 168 valence electrons. The van der Waals surface area contributed by atoms with Crippen LogP contribution >= 0.6 is 0 Å². The van der Waals surface area contributed by atoms with Crippen molar-refractivity contribution in [3.8, 4) is 11.3 Å². The number of nitrogens with two attached hydrogens (primary N) is 1. The van der Waals surface area contributed by atoms with Crippen molar-refractivity contribution < 1.29 is 22.0 Å². The lowest BCUT2D eigenvalue weighted by Gasteiger charge is -2.23. The van der Waals surface area contributed by atoms with Gasteiger partial charge in [0.25, 0.3) is 5.91 Å². The Balaban J connectivity index is 1.83. The Labute approximate surface area is 190 Å². The molecule has 1 amide bonds. The van der Waals surface area contributed by atoms with Crippen LogP contribution in [0.25, 0.3) is 22.3 Å². The Bertz CT molecular complexity index is 1520. The second-order valence-electron chi connectivity index (χ2n) is 8.27. The van der Waals surface area contributed by atoms with E-state index in [1.54, 1.807) is 12.1 Å².